The molecule has 0 bridgehead atoms. The van der Waals surface area contributed by atoms with E-state index in [4.69, 9.17) is 17.3 Å². The van der Waals surface area contributed by atoms with Gasteiger partial charge >= 0.3 is 0 Å². The zero-order valence-corrected chi connectivity index (χ0v) is 17.9. The van der Waals surface area contributed by atoms with Crippen LogP contribution in [0.15, 0.2) is 30.5 Å². The van der Waals surface area contributed by atoms with Crippen LogP contribution >= 0.6 is 0 Å². The van der Waals surface area contributed by atoms with Gasteiger partial charge in [0, 0.05) is 26.2 Å². The van der Waals surface area contributed by atoms with Gasteiger partial charge in [-0.3, -0.25) is 14.4 Å². The second-order valence-corrected chi connectivity index (χ2v) is 7.36. The number of anilines is 1. The lowest BCUT2D eigenvalue weighted by atomic mass is 10.2. The number of nitrogens with one attached hydrogen (secondary N) is 1. The van der Waals surface area contributed by atoms with Crippen molar-refractivity contribution in [2.24, 2.45) is 5.73 Å². The minimum Gasteiger partial charge on any atom is -0.385 e. The Morgan fingerprint density at radius 3 is 2.50 bits per heavy atom. The molecule has 32 heavy (non-hydrogen) atoms. The molecule has 0 spiro atoms. The normalized spacial score (nSPS) is 17.8. The number of terminal acetylenes is 1. The third-order valence-electron chi connectivity index (χ3n) is 4.83. The molecule has 0 radical (unpaired) electrons. The van der Waals surface area contributed by atoms with Gasteiger partial charge < -0.3 is 21.1 Å². The van der Waals surface area contributed by atoms with Crippen LogP contribution in [0, 0.1) is 12.3 Å². The first-order chi connectivity index (χ1) is 15.1. The number of likely N-dealkylation sites (N-methyl/N-ethyl adjacent to an activating group) is 1. The lowest BCUT2D eigenvalue weighted by molar-refractivity contribution is -0.133. The molecule has 2 fully saturated rings. The number of carbonyl (C=O) groups excluding carboxylic acids is 3. The number of hydrogen-bond acceptors (Lipinski definition) is 6. The van der Waals surface area contributed by atoms with Crippen molar-refractivity contribution in [1.82, 2.24) is 14.7 Å². The van der Waals surface area contributed by atoms with Gasteiger partial charge in [0.15, 0.2) is 17.6 Å². The van der Waals surface area contributed by atoms with E-state index in [2.05, 4.69) is 16.3 Å². The molecule has 170 valence electrons. The molecule has 9 nitrogen and oxygen atoms in total. The largest absolute Gasteiger partial charge is 0.385 e. The third-order valence-corrected chi connectivity index (χ3v) is 4.83. The van der Waals surface area contributed by atoms with Gasteiger partial charge in [0.05, 0.1) is 17.6 Å². The van der Waals surface area contributed by atoms with Gasteiger partial charge in [0.2, 0.25) is 0 Å². The van der Waals surface area contributed by atoms with E-state index >= 15 is 0 Å². The topological polar surface area (TPSA) is 131 Å². The molecule has 4 N–H and O–H groups in total. The molecule has 10 heteroatoms. The van der Waals surface area contributed by atoms with Crippen LogP contribution < -0.4 is 11.1 Å². The van der Waals surface area contributed by atoms with Gasteiger partial charge in [-0.25, -0.2) is 9.07 Å². The molecule has 2 aliphatic rings. The van der Waals surface area contributed by atoms with E-state index in [-0.39, 0.29) is 11.6 Å². The maximum atomic E-state index is 11.9. The number of aliphatic hydroxyl groups is 1. The number of halogens is 1. The van der Waals surface area contributed by atoms with E-state index < -0.39 is 17.7 Å². The number of carbonyl (C=O) groups is 3. The Hall–Kier alpha value is -3.71. The Morgan fingerprint density at radius 1 is 1.47 bits per heavy atom. The fourth-order valence-corrected chi connectivity index (χ4v) is 2.65. The number of amides is 2. The van der Waals surface area contributed by atoms with E-state index in [1.807, 2.05) is 18.2 Å². The second kappa shape index (κ2) is 10.5. The predicted molar refractivity (Wildman–Crippen MR) is 117 cm³/mol. The summed E-state index contributed by atoms with van der Waals surface area (Å²) in [4.78, 5) is 32.8. The number of nitrogens with two attached hydrogens (primary N) is 1. The summed E-state index contributed by atoms with van der Waals surface area (Å²) in [7, 11) is 3.39. The molecule has 1 aliphatic heterocycles. The number of rotatable bonds is 4. The van der Waals surface area contributed by atoms with Crippen molar-refractivity contribution < 1.29 is 23.9 Å². The highest BCUT2D eigenvalue weighted by Crippen LogP contribution is 2.36. The average Bonchev–Trinajstić information content (AvgIpc) is 3.27. The molecule has 1 aliphatic carbocycles. The molecule has 2 amide bonds. The van der Waals surface area contributed by atoms with Crippen LogP contribution in [0.1, 0.15) is 35.3 Å². The van der Waals surface area contributed by atoms with E-state index in [0.29, 0.717) is 37.8 Å². The number of hydrogen-bond donors (Lipinski definition) is 3. The van der Waals surface area contributed by atoms with Crippen LogP contribution in [0.5, 0.6) is 0 Å². The van der Waals surface area contributed by atoms with E-state index in [9.17, 15) is 18.8 Å². The number of aromatic nitrogens is 2. The number of aldehydes is 1. The second-order valence-electron chi connectivity index (χ2n) is 7.36. The summed E-state index contributed by atoms with van der Waals surface area (Å²) < 4.78 is 13.4. The SMILES string of the molecule is C#Cc1cccc(-n2cc(NC)c(C(N)=O)n2)c1.CN1CCC(O)C1=O.O=CC1(F)CC1. The van der Waals surface area contributed by atoms with Crippen molar-refractivity contribution in [1.29, 1.82) is 0 Å². The first-order valence-electron chi connectivity index (χ1n) is 9.86. The van der Waals surface area contributed by atoms with Gasteiger partial charge in [-0.2, -0.15) is 5.10 Å². The molecular weight excluding hydrogens is 417 g/mol. The molecule has 1 aromatic heterocycles. The molecule has 4 rings (SSSR count). The molecule has 2 aromatic rings. The predicted octanol–water partition coefficient (Wildman–Crippen LogP) is 0.891. The van der Waals surface area contributed by atoms with E-state index in [1.54, 1.807) is 31.0 Å². The summed E-state index contributed by atoms with van der Waals surface area (Å²) >= 11 is 0. The fraction of sp³-hybridized carbons (Fsp3) is 0.364. The van der Waals surface area contributed by atoms with Crippen LogP contribution in [0.3, 0.4) is 0 Å². The summed E-state index contributed by atoms with van der Waals surface area (Å²) in [5.41, 5.74) is 6.15. The Kier molecular flexibility index (Phi) is 8.09. The van der Waals surface area contributed by atoms with Crippen LogP contribution in [0.25, 0.3) is 5.69 Å². The standard InChI is InChI=1S/C13H12N4O.C5H9NO2.C4H5FO/c1-3-9-5-4-6-10(7-9)17-8-11(15-2)12(16-17)13(14)18;1-6-3-2-4(7)5(6)8;5-4(3-6)1-2-4/h1,4-8,15H,2H3,(H2,14,18);4,7H,2-3H2,1H3;3H,1-2H2. The van der Waals surface area contributed by atoms with Crippen molar-refractivity contribution in [3.05, 3.63) is 41.7 Å². The van der Waals surface area contributed by atoms with Crippen molar-refractivity contribution in [2.45, 2.75) is 31.0 Å². The molecule has 1 saturated heterocycles. The highest BCUT2D eigenvalue weighted by Gasteiger charge is 2.42. The van der Waals surface area contributed by atoms with Crippen LogP contribution in [0.4, 0.5) is 10.1 Å². The minimum absolute atomic E-state index is 0.148. The molecule has 1 saturated carbocycles. The van der Waals surface area contributed by atoms with Crippen LogP contribution in [-0.2, 0) is 9.59 Å². The number of likely N-dealkylation sites (tertiary alicyclic amines) is 1. The number of aliphatic hydroxyl groups excluding tert-OH is 1. The summed E-state index contributed by atoms with van der Waals surface area (Å²) in [6.45, 7) is 0.694. The van der Waals surface area contributed by atoms with Gasteiger partial charge in [0.1, 0.15) is 6.10 Å². The monoisotopic (exact) mass is 443 g/mol. The molecule has 1 unspecified atom stereocenters. The fourth-order valence-electron chi connectivity index (χ4n) is 2.65. The number of benzene rings is 1. The summed E-state index contributed by atoms with van der Waals surface area (Å²) in [6, 6.07) is 7.30. The first-order valence-corrected chi connectivity index (χ1v) is 9.86. The minimum atomic E-state index is -1.39. The Bertz CT molecular complexity index is 1010. The number of alkyl halides is 1. The maximum Gasteiger partial charge on any atom is 0.271 e. The lowest BCUT2D eigenvalue weighted by Gasteiger charge is -2.04. The zero-order chi connectivity index (χ0) is 23.9. The zero-order valence-electron chi connectivity index (χ0n) is 17.9. The van der Waals surface area contributed by atoms with Crippen molar-refractivity contribution in [2.75, 3.05) is 26.0 Å². The summed E-state index contributed by atoms with van der Waals surface area (Å²) in [6.07, 6.45) is 8.16. The molecular formula is C22H26FN5O4. The van der Waals surface area contributed by atoms with Crippen molar-refractivity contribution in [3.8, 4) is 18.0 Å². The summed E-state index contributed by atoms with van der Waals surface area (Å²) in [5.74, 6) is 1.82. The molecule has 2 heterocycles. The Morgan fingerprint density at radius 2 is 2.16 bits per heavy atom. The van der Waals surface area contributed by atoms with E-state index in [1.165, 1.54) is 4.90 Å². The van der Waals surface area contributed by atoms with Gasteiger partial charge in [-0.15, -0.1) is 6.42 Å². The summed E-state index contributed by atoms with van der Waals surface area (Å²) in [5, 5.41) is 15.8. The number of primary amides is 1. The highest BCUT2D eigenvalue weighted by atomic mass is 19.1. The smallest absolute Gasteiger partial charge is 0.271 e. The van der Waals surface area contributed by atoms with Gasteiger partial charge in [-0.1, -0.05) is 12.0 Å². The van der Waals surface area contributed by atoms with E-state index in [0.717, 1.165) is 11.3 Å². The Balaban J connectivity index is 0.000000211. The van der Waals surface area contributed by atoms with Gasteiger partial charge in [-0.05, 0) is 37.5 Å². The number of nitrogens with zero attached hydrogens (tertiary/aromatic N) is 3. The molecule has 1 aromatic carbocycles. The Labute approximate surface area is 185 Å². The highest BCUT2D eigenvalue weighted by molar-refractivity contribution is 5.96. The van der Waals surface area contributed by atoms with Crippen molar-refractivity contribution in [3.63, 3.8) is 0 Å². The average molecular weight is 443 g/mol. The first kappa shape index (κ1) is 24.6. The molecule has 1 atom stereocenters. The van der Waals surface area contributed by atoms with Crippen molar-refractivity contribution >= 4 is 23.8 Å². The lowest BCUT2D eigenvalue weighted by Crippen LogP contribution is -2.24. The quantitative estimate of drug-likeness (QED) is 0.475. The van der Waals surface area contributed by atoms with Crippen LogP contribution in [-0.4, -0.2) is 70.3 Å². The third kappa shape index (κ3) is 6.39. The maximum absolute atomic E-state index is 11.9. The van der Waals surface area contributed by atoms with Crippen LogP contribution in [0.2, 0.25) is 0 Å². The van der Waals surface area contributed by atoms with Gasteiger partial charge in [0.25, 0.3) is 11.8 Å².